The molecule has 174 valence electrons. The zero-order valence-corrected chi connectivity index (χ0v) is 20.9. The van der Waals surface area contributed by atoms with Gasteiger partial charge in [-0.2, -0.15) is 0 Å². The molecule has 0 spiro atoms. The second-order valence-electron chi connectivity index (χ2n) is 10.0. The molecule has 1 N–H and O–H groups in total. The first-order valence-corrected chi connectivity index (χ1v) is 11.8. The standard InChI is InChI=1S/C28H40N2O2/c1-8-25(27(32)29-20(2)3)30(19-23-11-9-21(4)10-12-23)26(31)18-15-22-13-16-24(17-14-22)28(5,6)7/h9-14,16-17,20,25H,8,15,18-19H2,1-7H3,(H,29,32). The van der Waals surface area contributed by atoms with E-state index in [9.17, 15) is 9.59 Å². The van der Waals surface area contributed by atoms with E-state index in [0.717, 1.165) is 11.1 Å². The predicted octanol–water partition coefficient (Wildman–Crippen LogP) is 5.56. The Balaban J connectivity index is 2.18. The third kappa shape index (κ3) is 7.51. The van der Waals surface area contributed by atoms with Gasteiger partial charge >= 0.3 is 0 Å². The van der Waals surface area contributed by atoms with E-state index < -0.39 is 6.04 Å². The SMILES string of the molecule is CCC(C(=O)NC(C)C)N(Cc1ccc(C)cc1)C(=O)CCc1ccc(C(C)(C)C)cc1. The number of benzene rings is 2. The van der Waals surface area contributed by atoms with Crippen LogP contribution in [-0.4, -0.2) is 28.8 Å². The number of carbonyl (C=O) groups is 2. The van der Waals surface area contributed by atoms with Gasteiger partial charge < -0.3 is 10.2 Å². The van der Waals surface area contributed by atoms with Gasteiger partial charge in [-0.05, 0) is 55.7 Å². The van der Waals surface area contributed by atoms with Crippen LogP contribution in [0.4, 0.5) is 0 Å². The van der Waals surface area contributed by atoms with E-state index in [4.69, 9.17) is 0 Å². The van der Waals surface area contributed by atoms with Crippen molar-refractivity contribution in [2.75, 3.05) is 0 Å². The Bertz CT molecular complexity index is 877. The van der Waals surface area contributed by atoms with E-state index in [1.54, 1.807) is 4.90 Å². The van der Waals surface area contributed by atoms with Crippen LogP contribution in [0.25, 0.3) is 0 Å². The number of aryl methyl sites for hydroxylation is 2. The maximum atomic E-state index is 13.4. The number of amides is 2. The first-order chi connectivity index (χ1) is 15.0. The Morgan fingerprint density at radius 2 is 1.50 bits per heavy atom. The van der Waals surface area contributed by atoms with E-state index in [-0.39, 0.29) is 23.3 Å². The second kappa shape index (κ2) is 11.3. The van der Waals surface area contributed by atoms with Crippen LogP contribution in [0.3, 0.4) is 0 Å². The predicted molar refractivity (Wildman–Crippen MR) is 133 cm³/mol. The van der Waals surface area contributed by atoms with Gasteiger partial charge in [-0.15, -0.1) is 0 Å². The van der Waals surface area contributed by atoms with Gasteiger partial charge in [0.15, 0.2) is 0 Å². The summed E-state index contributed by atoms with van der Waals surface area (Å²) < 4.78 is 0. The maximum absolute atomic E-state index is 13.4. The van der Waals surface area contributed by atoms with Crippen molar-refractivity contribution in [1.82, 2.24) is 10.2 Å². The molecule has 0 heterocycles. The molecule has 0 radical (unpaired) electrons. The first-order valence-electron chi connectivity index (χ1n) is 11.8. The van der Waals surface area contributed by atoms with Crippen LogP contribution in [0.5, 0.6) is 0 Å². The van der Waals surface area contributed by atoms with Crippen molar-refractivity contribution in [2.24, 2.45) is 0 Å². The summed E-state index contributed by atoms with van der Waals surface area (Å²) in [5.41, 5.74) is 4.74. The topological polar surface area (TPSA) is 49.4 Å². The van der Waals surface area contributed by atoms with E-state index in [1.807, 2.05) is 52.0 Å². The highest BCUT2D eigenvalue weighted by molar-refractivity contribution is 5.87. The molecule has 0 aromatic heterocycles. The molecule has 0 aliphatic rings. The molecule has 0 aliphatic carbocycles. The molecule has 32 heavy (non-hydrogen) atoms. The lowest BCUT2D eigenvalue weighted by atomic mass is 9.86. The molecule has 1 atom stereocenters. The van der Waals surface area contributed by atoms with Crippen LogP contribution >= 0.6 is 0 Å². The molecular formula is C28H40N2O2. The normalized spacial score (nSPS) is 12.5. The molecule has 4 nitrogen and oxygen atoms in total. The molecule has 0 aliphatic heterocycles. The smallest absolute Gasteiger partial charge is 0.243 e. The van der Waals surface area contributed by atoms with E-state index in [0.29, 0.717) is 25.8 Å². The van der Waals surface area contributed by atoms with Gasteiger partial charge in [-0.1, -0.05) is 81.8 Å². The van der Waals surface area contributed by atoms with Crippen molar-refractivity contribution in [3.05, 3.63) is 70.8 Å². The van der Waals surface area contributed by atoms with Crippen LogP contribution in [0.1, 0.15) is 76.6 Å². The average molecular weight is 437 g/mol. The van der Waals surface area contributed by atoms with Crippen molar-refractivity contribution in [3.63, 3.8) is 0 Å². The van der Waals surface area contributed by atoms with Crippen LogP contribution in [-0.2, 0) is 28.0 Å². The summed E-state index contributed by atoms with van der Waals surface area (Å²) >= 11 is 0. The van der Waals surface area contributed by atoms with Gasteiger partial charge in [0.05, 0.1) is 0 Å². The monoisotopic (exact) mass is 436 g/mol. The second-order valence-corrected chi connectivity index (χ2v) is 10.0. The number of rotatable bonds is 9. The van der Waals surface area contributed by atoms with E-state index in [1.165, 1.54) is 11.1 Å². The van der Waals surface area contributed by atoms with Crippen LogP contribution in [0.15, 0.2) is 48.5 Å². The quantitative estimate of drug-likeness (QED) is 0.560. The van der Waals surface area contributed by atoms with E-state index >= 15 is 0 Å². The molecule has 2 aromatic carbocycles. The Morgan fingerprint density at radius 3 is 2.00 bits per heavy atom. The van der Waals surface area contributed by atoms with Crippen LogP contribution in [0, 0.1) is 6.92 Å². The summed E-state index contributed by atoms with van der Waals surface area (Å²) in [6.07, 6.45) is 1.62. The van der Waals surface area contributed by atoms with Crippen molar-refractivity contribution in [1.29, 1.82) is 0 Å². The van der Waals surface area contributed by atoms with Crippen LogP contribution in [0.2, 0.25) is 0 Å². The largest absolute Gasteiger partial charge is 0.352 e. The molecule has 0 fully saturated rings. The van der Waals surface area contributed by atoms with Gasteiger partial charge in [-0.3, -0.25) is 9.59 Å². The summed E-state index contributed by atoms with van der Waals surface area (Å²) in [4.78, 5) is 28.0. The third-order valence-electron chi connectivity index (χ3n) is 5.74. The molecule has 1 unspecified atom stereocenters. The highest BCUT2D eigenvalue weighted by Crippen LogP contribution is 2.23. The lowest BCUT2D eigenvalue weighted by Gasteiger charge is -2.31. The average Bonchev–Trinajstić information content (AvgIpc) is 2.72. The first kappa shape index (κ1) is 25.6. The minimum absolute atomic E-state index is 0.0104. The Kier molecular flexibility index (Phi) is 9.06. The molecule has 2 aromatic rings. The zero-order chi connectivity index (χ0) is 23.9. The number of carbonyl (C=O) groups excluding carboxylic acids is 2. The Morgan fingerprint density at radius 1 is 0.938 bits per heavy atom. The summed E-state index contributed by atoms with van der Waals surface area (Å²) in [5, 5.41) is 2.99. The number of hydrogen-bond acceptors (Lipinski definition) is 2. The van der Waals surface area contributed by atoms with Gasteiger partial charge in [-0.25, -0.2) is 0 Å². The summed E-state index contributed by atoms with van der Waals surface area (Å²) in [5.74, 6) is -0.0753. The molecule has 2 amide bonds. The lowest BCUT2D eigenvalue weighted by molar-refractivity contribution is -0.141. The number of nitrogens with zero attached hydrogens (tertiary/aromatic N) is 1. The summed E-state index contributed by atoms with van der Waals surface area (Å²) in [6, 6.07) is 16.2. The Hall–Kier alpha value is -2.62. The molecule has 0 saturated heterocycles. The fraction of sp³-hybridized carbons (Fsp3) is 0.500. The third-order valence-corrected chi connectivity index (χ3v) is 5.74. The lowest BCUT2D eigenvalue weighted by Crippen LogP contribution is -2.50. The number of nitrogens with one attached hydrogen (secondary N) is 1. The molecule has 2 rings (SSSR count). The van der Waals surface area contributed by atoms with Crippen molar-refractivity contribution in [3.8, 4) is 0 Å². The molecule has 4 heteroatoms. The van der Waals surface area contributed by atoms with Crippen molar-refractivity contribution < 1.29 is 9.59 Å². The van der Waals surface area contributed by atoms with Gasteiger partial charge in [0.25, 0.3) is 0 Å². The molecular weight excluding hydrogens is 396 g/mol. The maximum Gasteiger partial charge on any atom is 0.243 e. The van der Waals surface area contributed by atoms with Crippen molar-refractivity contribution in [2.45, 2.75) is 91.8 Å². The van der Waals surface area contributed by atoms with Gasteiger partial charge in [0.2, 0.25) is 11.8 Å². The van der Waals surface area contributed by atoms with E-state index in [2.05, 4.69) is 50.4 Å². The van der Waals surface area contributed by atoms with Gasteiger partial charge in [0, 0.05) is 19.0 Å². The Labute approximate surface area is 194 Å². The van der Waals surface area contributed by atoms with Gasteiger partial charge in [0.1, 0.15) is 6.04 Å². The zero-order valence-electron chi connectivity index (χ0n) is 20.9. The minimum Gasteiger partial charge on any atom is -0.352 e. The van der Waals surface area contributed by atoms with Crippen LogP contribution < -0.4 is 5.32 Å². The number of hydrogen-bond donors (Lipinski definition) is 1. The molecule has 0 bridgehead atoms. The molecule has 0 saturated carbocycles. The van der Waals surface area contributed by atoms with Crippen molar-refractivity contribution >= 4 is 11.8 Å². The highest BCUT2D eigenvalue weighted by atomic mass is 16.2. The minimum atomic E-state index is -0.477. The fourth-order valence-electron chi connectivity index (χ4n) is 3.76. The highest BCUT2D eigenvalue weighted by Gasteiger charge is 2.28. The summed E-state index contributed by atoms with van der Waals surface area (Å²) in [7, 11) is 0. The summed E-state index contributed by atoms with van der Waals surface area (Å²) in [6.45, 7) is 14.9. The fourth-order valence-corrected chi connectivity index (χ4v) is 3.76.